The zero-order valence-corrected chi connectivity index (χ0v) is 9.22. The first-order valence-electron chi connectivity index (χ1n) is 5.17. The molecule has 0 aliphatic heterocycles. The molecule has 2 rings (SSSR count). The summed E-state index contributed by atoms with van der Waals surface area (Å²) in [7, 11) is 0. The molecule has 0 radical (unpaired) electrons. The molecule has 1 aromatic rings. The second-order valence-corrected chi connectivity index (χ2v) is 3.58. The number of nitrogens with zero attached hydrogens (tertiary/aromatic N) is 2. The lowest BCUT2D eigenvalue weighted by molar-refractivity contribution is 1.33. The molecule has 0 fully saturated rings. The fourth-order valence-electron chi connectivity index (χ4n) is 1.32. The molecule has 82 valence electrons. The monoisotopic (exact) mass is 221 g/mol. The first kappa shape index (κ1) is 10.9. The summed E-state index contributed by atoms with van der Waals surface area (Å²) in [5, 5.41) is 12.9. The molecule has 0 aromatic heterocycles. The van der Waals surface area contributed by atoms with Gasteiger partial charge in [-0.1, -0.05) is 18.7 Å². The van der Waals surface area contributed by atoms with Crippen LogP contribution in [-0.2, 0) is 0 Å². The Morgan fingerprint density at radius 2 is 1.71 bits per heavy atom. The van der Waals surface area contributed by atoms with E-state index >= 15 is 0 Å². The van der Waals surface area contributed by atoms with Gasteiger partial charge in [-0.2, -0.15) is 10.4 Å². The number of benzene rings is 1. The van der Waals surface area contributed by atoms with Crippen molar-refractivity contribution in [1.82, 2.24) is 0 Å². The van der Waals surface area contributed by atoms with Crippen LogP contribution in [0.2, 0.25) is 0 Å². The van der Waals surface area contributed by atoms with Crippen LogP contribution in [0, 0.1) is 11.3 Å². The van der Waals surface area contributed by atoms with E-state index in [2.05, 4.69) is 23.2 Å². The second kappa shape index (κ2) is 4.95. The average Bonchev–Trinajstić information content (AvgIpc) is 2.39. The molecule has 0 amide bonds. The minimum Gasteiger partial charge on any atom is -0.278 e. The second-order valence-electron chi connectivity index (χ2n) is 3.58. The van der Waals surface area contributed by atoms with Crippen LogP contribution < -0.4 is 5.43 Å². The van der Waals surface area contributed by atoms with Gasteiger partial charge in [-0.15, -0.1) is 0 Å². The van der Waals surface area contributed by atoms with Gasteiger partial charge >= 0.3 is 0 Å². The van der Waals surface area contributed by atoms with Crippen molar-refractivity contribution in [3.63, 3.8) is 0 Å². The SMILES string of the molecule is C=C1C=CC(=NNc2ccc(C#N)cc2)C=C1. The standard InChI is InChI=1S/C14H11N3/c1-11-2-6-13(7-3-11)16-17-14-8-4-12(10-15)5-9-14/h2-9,17H,1H2. The molecule has 1 aromatic carbocycles. The summed E-state index contributed by atoms with van der Waals surface area (Å²) in [5.74, 6) is 0. The van der Waals surface area contributed by atoms with E-state index < -0.39 is 0 Å². The summed E-state index contributed by atoms with van der Waals surface area (Å²) in [6.07, 6.45) is 7.58. The van der Waals surface area contributed by atoms with Crippen molar-refractivity contribution in [2.75, 3.05) is 5.43 Å². The summed E-state index contributed by atoms with van der Waals surface area (Å²) in [4.78, 5) is 0. The predicted octanol–water partition coefficient (Wildman–Crippen LogP) is 3.01. The van der Waals surface area contributed by atoms with Gasteiger partial charge in [0.15, 0.2) is 0 Å². The van der Waals surface area contributed by atoms with Gasteiger partial charge in [0.1, 0.15) is 0 Å². The van der Waals surface area contributed by atoms with E-state index in [0.717, 1.165) is 17.0 Å². The van der Waals surface area contributed by atoms with Crippen LogP contribution in [0.25, 0.3) is 0 Å². The Balaban J connectivity index is 2.05. The fraction of sp³-hybridized carbons (Fsp3) is 0. The van der Waals surface area contributed by atoms with Gasteiger partial charge < -0.3 is 0 Å². The average molecular weight is 221 g/mol. The first-order chi connectivity index (χ1) is 8.28. The third-order valence-electron chi connectivity index (χ3n) is 2.26. The van der Waals surface area contributed by atoms with Gasteiger partial charge in [0.25, 0.3) is 0 Å². The number of hydrazone groups is 1. The van der Waals surface area contributed by atoms with E-state index in [1.54, 1.807) is 12.1 Å². The molecule has 3 nitrogen and oxygen atoms in total. The molecule has 1 aliphatic carbocycles. The van der Waals surface area contributed by atoms with Crippen LogP contribution in [0.4, 0.5) is 5.69 Å². The highest BCUT2D eigenvalue weighted by atomic mass is 15.3. The first-order valence-corrected chi connectivity index (χ1v) is 5.17. The Morgan fingerprint density at radius 3 is 2.29 bits per heavy atom. The van der Waals surface area contributed by atoms with Crippen LogP contribution in [-0.4, -0.2) is 5.71 Å². The smallest absolute Gasteiger partial charge is 0.0991 e. The topological polar surface area (TPSA) is 48.2 Å². The summed E-state index contributed by atoms with van der Waals surface area (Å²) < 4.78 is 0. The molecule has 1 aliphatic rings. The van der Waals surface area contributed by atoms with Crippen LogP contribution in [0.15, 0.2) is 65.8 Å². The fourth-order valence-corrected chi connectivity index (χ4v) is 1.32. The number of allylic oxidation sites excluding steroid dienone is 5. The highest BCUT2D eigenvalue weighted by Gasteiger charge is 1.96. The molecule has 0 atom stereocenters. The Hall–Kier alpha value is -2.60. The number of nitrogens with one attached hydrogen (secondary N) is 1. The maximum Gasteiger partial charge on any atom is 0.0991 e. The van der Waals surface area contributed by atoms with Gasteiger partial charge in [-0.05, 0) is 42.0 Å². The van der Waals surface area contributed by atoms with E-state index in [0.29, 0.717) is 5.56 Å². The van der Waals surface area contributed by atoms with Crippen LogP contribution >= 0.6 is 0 Å². The molecular weight excluding hydrogens is 210 g/mol. The van der Waals surface area contributed by atoms with Crippen LogP contribution in [0.5, 0.6) is 0 Å². The van der Waals surface area contributed by atoms with E-state index in [1.807, 2.05) is 36.4 Å². The number of rotatable bonds is 2. The Bertz CT molecular complexity index is 536. The molecule has 0 bridgehead atoms. The van der Waals surface area contributed by atoms with Gasteiger partial charge in [-0.25, -0.2) is 0 Å². The number of hydrogen-bond acceptors (Lipinski definition) is 3. The van der Waals surface area contributed by atoms with Gasteiger partial charge in [-0.3, -0.25) is 5.43 Å². The zero-order valence-electron chi connectivity index (χ0n) is 9.22. The number of nitriles is 1. The molecule has 17 heavy (non-hydrogen) atoms. The lowest BCUT2D eigenvalue weighted by Crippen LogP contribution is -1.98. The lowest BCUT2D eigenvalue weighted by atomic mass is 10.1. The van der Waals surface area contributed by atoms with Crippen molar-refractivity contribution in [3.8, 4) is 6.07 Å². The summed E-state index contributed by atoms with van der Waals surface area (Å²) in [6.45, 7) is 3.81. The summed E-state index contributed by atoms with van der Waals surface area (Å²) in [5.41, 5.74) is 6.21. The lowest BCUT2D eigenvalue weighted by Gasteiger charge is -2.03. The van der Waals surface area contributed by atoms with Gasteiger partial charge in [0.05, 0.1) is 23.0 Å². The van der Waals surface area contributed by atoms with E-state index in [4.69, 9.17) is 5.26 Å². The van der Waals surface area contributed by atoms with Crippen molar-refractivity contribution in [2.45, 2.75) is 0 Å². The van der Waals surface area contributed by atoms with Gasteiger partial charge in [0, 0.05) is 0 Å². The normalized spacial score (nSPS) is 13.4. The van der Waals surface area contributed by atoms with Crippen molar-refractivity contribution in [2.24, 2.45) is 5.10 Å². The Morgan fingerprint density at radius 1 is 1.06 bits per heavy atom. The molecule has 1 N–H and O–H groups in total. The molecule has 0 saturated heterocycles. The molecule has 0 saturated carbocycles. The van der Waals surface area contributed by atoms with E-state index in [-0.39, 0.29) is 0 Å². The minimum absolute atomic E-state index is 0.636. The van der Waals surface area contributed by atoms with Crippen molar-refractivity contribution in [1.29, 1.82) is 5.26 Å². The maximum absolute atomic E-state index is 8.66. The third-order valence-corrected chi connectivity index (χ3v) is 2.26. The number of hydrogen-bond donors (Lipinski definition) is 1. The zero-order chi connectivity index (χ0) is 12.1. The molecular formula is C14H11N3. The van der Waals surface area contributed by atoms with Crippen LogP contribution in [0.1, 0.15) is 5.56 Å². The van der Waals surface area contributed by atoms with E-state index in [9.17, 15) is 0 Å². The van der Waals surface area contributed by atoms with Crippen molar-refractivity contribution in [3.05, 3.63) is 66.3 Å². The van der Waals surface area contributed by atoms with Crippen molar-refractivity contribution < 1.29 is 0 Å². The number of anilines is 1. The van der Waals surface area contributed by atoms with Crippen molar-refractivity contribution >= 4 is 11.4 Å². The summed E-state index contributed by atoms with van der Waals surface area (Å²) in [6, 6.07) is 9.20. The Kier molecular flexibility index (Phi) is 3.18. The predicted molar refractivity (Wildman–Crippen MR) is 69.6 cm³/mol. The highest BCUT2D eigenvalue weighted by molar-refractivity contribution is 6.06. The summed E-state index contributed by atoms with van der Waals surface area (Å²) >= 11 is 0. The minimum atomic E-state index is 0.636. The van der Waals surface area contributed by atoms with E-state index in [1.165, 1.54) is 0 Å². The maximum atomic E-state index is 8.66. The Labute approximate surface area is 100 Å². The van der Waals surface area contributed by atoms with Gasteiger partial charge in [0.2, 0.25) is 0 Å². The molecule has 0 spiro atoms. The highest BCUT2D eigenvalue weighted by Crippen LogP contribution is 2.09. The largest absolute Gasteiger partial charge is 0.278 e. The quantitative estimate of drug-likeness (QED) is 0.780. The molecule has 3 heteroatoms. The third kappa shape index (κ3) is 2.93. The van der Waals surface area contributed by atoms with Crippen LogP contribution in [0.3, 0.4) is 0 Å². The molecule has 0 unspecified atom stereocenters. The molecule has 0 heterocycles.